The summed E-state index contributed by atoms with van der Waals surface area (Å²) in [5.41, 5.74) is 3.83. The van der Waals surface area contributed by atoms with Crippen LogP contribution in [0.25, 0.3) is 10.9 Å². The third-order valence-corrected chi connectivity index (χ3v) is 5.48. The number of benzene rings is 1. The molecule has 1 unspecified atom stereocenters. The minimum atomic E-state index is -0.183. The van der Waals surface area contributed by atoms with Gasteiger partial charge in [0.1, 0.15) is 5.15 Å². The number of carbonyl (C=O) groups excluding carboxylic acids is 1. The van der Waals surface area contributed by atoms with Crippen LogP contribution in [0.3, 0.4) is 0 Å². The molecule has 0 aliphatic rings. The summed E-state index contributed by atoms with van der Waals surface area (Å²) >= 11 is 12.2. The molecule has 152 valence electrons. The monoisotopic (exact) mass is 438 g/mol. The summed E-state index contributed by atoms with van der Waals surface area (Å²) in [6.07, 6.45) is 6.37. The molecule has 4 aromatic rings. The summed E-state index contributed by atoms with van der Waals surface area (Å²) in [5, 5.41) is 5.06. The Hall–Kier alpha value is -2.89. The molecule has 4 rings (SSSR count). The number of hydrogen-bond donors (Lipinski definition) is 2. The quantitative estimate of drug-likeness (QED) is 0.392. The average Bonchev–Trinajstić information content (AvgIpc) is 3.16. The Balaban J connectivity index is 1.55. The molecule has 7 heteroatoms. The summed E-state index contributed by atoms with van der Waals surface area (Å²) < 4.78 is 0. The maximum atomic E-state index is 12.8. The van der Waals surface area contributed by atoms with Gasteiger partial charge >= 0.3 is 0 Å². The van der Waals surface area contributed by atoms with Gasteiger partial charge in [0.15, 0.2) is 0 Å². The fourth-order valence-electron chi connectivity index (χ4n) is 3.54. The highest BCUT2D eigenvalue weighted by atomic mass is 35.5. The summed E-state index contributed by atoms with van der Waals surface area (Å²) in [6.45, 7) is 0.529. The first-order valence-electron chi connectivity index (χ1n) is 9.65. The molecule has 2 N–H and O–H groups in total. The van der Waals surface area contributed by atoms with Crippen molar-refractivity contribution in [2.75, 3.05) is 6.54 Å². The largest absolute Gasteiger partial charge is 0.361 e. The molecule has 1 aromatic carbocycles. The van der Waals surface area contributed by atoms with Crippen molar-refractivity contribution in [2.45, 2.75) is 18.8 Å². The first-order valence-corrected chi connectivity index (χ1v) is 10.4. The normalized spacial score (nSPS) is 12.1. The van der Waals surface area contributed by atoms with Crippen LogP contribution in [0.2, 0.25) is 10.2 Å². The smallest absolute Gasteiger partial charge is 0.220 e. The molecule has 0 spiro atoms. The summed E-state index contributed by atoms with van der Waals surface area (Å²) in [4.78, 5) is 24.5. The van der Waals surface area contributed by atoms with Gasteiger partial charge < -0.3 is 10.3 Å². The van der Waals surface area contributed by atoms with Gasteiger partial charge in [-0.3, -0.25) is 9.78 Å². The topological polar surface area (TPSA) is 70.7 Å². The number of hydrogen-bond acceptors (Lipinski definition) is 3. The van der Waals surface area contributed by atoms with Crippen LogP contribution >= 0.6 is 23.2 Å². The van der Waals surface area contributed by atoms with E-state index in [2.05, 4.69) is 20.3 Å². The lowest BCUT2D eigenvalue weighted by molar-refractivity contribution is -0.121. The molecule has 5 nitrogen and oxygen atoms in total. The molecule has 1 amide bonds. The molecule has 1 atom stereocenters. The van der Waals surface area contributed by atoms with E-state index in [0.29, 0.717) is 23.1 Å². The number of pyridine rings is 2. The number of amides is 1. The highest BCUT2D eigenvalue weighted by Gasteiger charge is 2.22. The Kier molecular flexibility index (Phi) is 6.31. The van der Waals surface area contributed by atoms with Crippen molar-refractivity contribution in [1.82, 2.24) is 20.3 Å². The molecule has 0 bridgehead atoms. The molecule has 3 aromatic heterocycles. The summed E-state index contributed by atoms with van der Waals surface area (Å²) in [7, 11) is 0. The van der Waals surface area contributed by atoms with Crippen molar-refractivity contribution in [3.05, 3.63) is 94.1 Å². The van der Waals surface area contributed by atoms with Gasteiger partial charge in [-0.1, -0.05) is 35.3 Å². The third-order valence-electron chi connectivity index (χ3n) is 5.02. The first-order chi connectivity index (χ1) is 14.6. The molecular weight excluding hydrogens is 419 g/mol. The fourth-order valence-corrected chi connectivity index (χ4v) is 3.82. The van der Waals surface area contributed by atoms with Crippen LogP contribution in [0.5, 0.6) is 0 Å². The number of nitrogens with zero attached hydrogens (tertiary/aromatic N) is 2. The second kappa shape index (κ2) is 9.28. The van der Waals surface area contributed by atoms with Crippen molar-refractivity contribution in [3.8, 4) is 0 Å². The van der Waals surface area contributed by atoms with Crippen molar-refractivity contribution >= 4 is 40.0 Å². The molecule has 0 saturated heterocycles. The number of rotatable bonds is 7. The highest BCUT2D eigenvalue weighted by molar-refractivity contribution is 6.31. The minimum Gasteiger partial charge on any atom is -0.361 e. The number of halogens is 2. The van der Waals surface area contributed by atoms with Crippen LogP contribution in [0, 0.1) is 0 Å². The standard InChI is InChI=1S/C23H20Cl2N4O/c24-16-5-6-21-19(11-16)20(14-28-21)18(15-4-7-22(25)29-13-15)12-23(30)27-10-8-17-3-1-2-9-26-17/h1-7,9,11,13-14,18,28H,8,10,12H2,(H,27,30). The predicted molar refractivity (Wildman–Crippen MR) is 120 cm³/mol. The van der Waals surface area contributed by atoms with E-state index in [0.717, 1.165) is 27.7 Å². The van der Waals surface area contributed by atoms with Gasteiger partial charge in [0, 0.05) is 65.5 Å². The van der Waals surface area contributed by atoms with Crippen LogP contribution in [0.1, 0.15) is 29.2 Å². The van der Waals surface area contributed by atoms with E-state index in [9.17, 15) is 4.79 Å². The fraction of sp³-hybridized carbons (Fsp3) is 0.174. The highest BCUT2D eigenvalue weighted by Crippen LogP contribution is 2.34. The van der Waals surface area contributed by atoms with E-state index < -0.39 is 0 Å². The average molecular weight is 439 g/mol. The van der Waals surface area contributed by atoms with E-state index in [4.69, 9.17) is 23.2 Å². The number of nitrogens with one attached hydrogen (secondary N) is 2. The van der Waals surface area contributed by atoms with Crippen LogP contribution in [0.4, 0.5) is 0 Å². The zero-order valence-electron chi connectivity index (χ0n) is 16.1. The van der Waals surface area contributed by atoms with Gasteiger partial charge in [-0.15, -0.1) is 0 Å². The lowest BCUT2D eigenvalue weighted by atomic mass is 9.89. The zero-order valence-corrected chi connectivity index (χ0v) is 17.6. The maximum Gasteiger partial charge on any atom is 0.220 e. The predicted octanol–water partition coefficient (Wildman–Crippen LogP) is 5.15. The van der Waals surface area contributed by atoms with Crippen molar-refractivity contribution in [3.63, 3.8) is 0 Å². The van der Waals surface area contributed by atoms with Crippen LogP contribution in [-0.2, 0) is 11.2 Å². The Labute approximate surface area is 184 Å². The number of aromatic amines is 1. The Morgan fingerprint density at radius 3 is 2.77 bits per heavy atom. The Morgan fingerprint density at radius 2 is 2.00 bits per heavy atom. The summed E-state index contributed by atoms with van der Waals surface area (Å²) in [6, 6.07) is 15.1. The molecule has 0 aliphatic heterocycles. The van der Waals surface area contributed by atoms with Gasteiger partial charge in [-0.05, 0) is 47.5 Å². The van der Waals surface area contributed by atoms with Gasteiger partial charge in [-0.25, -0.2) is 4.98 Å². The van der Waals surface area contributed by atoms with Crippen LogP contribution in [0.15, 0.2) is 67.1 Å². The molecule has 30 heavy (non-hydrogen) atoms. The van der Waals surface area contributed by atoms with Crippen LogP contribution < -0.4 is 5.32 Å². The maximum absolute atomic E-state index is 12.8. The minimum absolute atomic E-state index is 0.0396. The van der Waals surface area contributed by atoms with E-state index >= 15 is 0 Å². The van der Waals surface area contributed by atoms with Crippen molar-refractivity contribution < 1.29 is 4.79 Å². The second-order valence-electron chi connectivity index (χ2n) is 7.03. The molecule has 0 radical (unpaired) electrons. The van der Waals surface area contributed by atoms with E-state index in [1.54, 1.807) is 18.5 Å². The second-order valence-corrected chi connectivity index (χ2v) is 7.85. The van der Waals surface area contributed by atoms with E-state index in [1.807, 2.05) is 48.7 Å². The van der Waals surface area contributed by atoms with Crippen molar-refractivity contribution in [2.24, 2.45) is 0 Å². The summed E-state index contributed by atoms with van der Waals surface area (Å²) in [5.74, 6) is -0.223. The lowest BCUT2D eigenvalue weighted by Gasteiger charge is -2.17. The SMILES string of the molecule is O=C(CC(c1ccc(Cl)nc1)c1c[nH]c2ccc(Cl)cc12)NCCc1ccccn1. The number of carbonyl (C=O) groups is 1. The molecule has 3 heterocycles. The van der Waals surface area contributed by atoms with E-state index in [1.165, 1.54) is 0 Å². The Bertz CT molecular complexity index is 1140. The molecular formula is C23H20Cl2N4O. The Morgan fingerprint density at radius 1 is 1.10 bits per heavy atom. The zero-order chi connectivity index (χ0) is 20.9. The van der Waals surface area contributed by atoms with E-state index in [-0.39, 0.29) is 18.2 Å². The number of fused-ring (bicyclic) bond motifs is 1. The third kappa shape index (κ3) is 4.81. The van der Waals surface area contributed by atoms with Crippen LogP contribution in [-0.4, -0.2) is 27.4 Å². The first kappa shape index (κ1) is 20.4. The number of H-pyrrole nitrogens is 1. The van der Waals surface area contributed by atoms with Gasteiger partial charge in [0.25, 0.3) is 0 Å². The van der Waals surface area contributed by atoms with Crippen molar-refractivity contribution in [1.29, 1.82) is 0 Å². The number of aromatic nitrogens is 3. The molecule has 0 aliphatic carbocycles. The molecule has 0 fully saturated rings. The van der Waals surface area contributed by atoms with Gasteiger partial charge in [0.2, 0.25) is 5.91 Å². The molecule has 0 saturated carbocycles. The lowest BCUT2D eigenvalue weighted by Crippen LogP contribution is -2.27. The van der Waals surface area contributed by atoms with Gasteiger partial charge in [0.05, 0.1) is 0 Å². The van der Waals surface area contributed by atoms with Gasteiger partial charge in [-0.2, -0.15) is 0 Å².